The van der Waals surface area contributed by atoms with E-state index in [1.807, 2.05) is 11.8 Å². The summed E-state index contributed by atoms with van der Waals surface area (Å²) in [5.74, 6) is 0.413. The molecule has 1 N–H and O–H groups in total. The molecule has 3 atom stereocenters. The van der Waals surface area contributed by atoms with E-state index in [4.69, 9.17) is 9.47 Å². The van der Waals surface area contributed by atoms with Gasteiger partial charge in [-0.2, -0.15) is 0 Å². The molecule has 4 aliphatic rings. The van der Waals surface area contributed by atoms with Crippen LogP contribution >= 0.6 is 0 Å². The average Bonchev–Trinajstić information content (AvgIpc) is 3.38. The molecular formula is C34H44N2O4. The van der Waals surface area contributed by atoms with Crippen molar-refractivity contribution in [1.29, 1.82) is 0 Å². The van der Waals surface area contributed by atoms with Crippen LogP contribution in [0.25, 0.3) is 11.1 Å². The summed E-state index contributed by atoms with van der Waals surface area (Å²) in [5, 5.41) is 9.66. The van der Waals surface area contributed by atoms with Crippen LogP contribution in [0.4, 0.5) is 0 Å². The van der Waals surface area contributed by atoms with E-state index in [9.17, 15) is 9.90 Å². The zero-order valence-electron chi connectivity index (χ0n) is 23.9. The maximum atomic E-state index is 13.8. The number of hydrogen-bond donors (Lipinski definition) is 1. The predicted molar refractivity (Wildman–Crippen MR) is 157 cm³/mol. The number of carbonyl (C=O) groups excluding carboxylic acids is 1. The quantitative estimate of drug-likeness (QED) is 0.407. The van der Waals surface area contributed by atoms with Crippen LogP contribution in [-0.2, 0) is 20.7 Å². The lowest BCUT2D eigenvalue weighted by Crippen LogP contribution is -2.49. The zero-order chi connectivity index (χ0) is 27.5. The number of benzene rings is 2. The normalized spacial score (nSPS) is 25.2. The Hall–Kier alpha value is -2.67. The molecule has 0 spiro atoms. The van der Waals surface area contributed by atoms with Crippen molar-refractivity contribution in [3.63, 3.8) is 0 Å². The van der Waals surface area contributed by atoms with E-state index in [-0.39, 0.29) is 24.3 Å². The first kappa shape index (κ1) is 27.5. The predicted octanol–water partition coefficient (Wildman–Crippen LogP) is 5.48. The van der Waals surface area contributed by atoms with Crippen LogP contribution in [0.2, 0.25) is 0 Å². The molecule has 214 valence electrons. The van der Waals surface area contributed by atoms with E-state index in [1.165, 1.54) is 60.2 Å². The first-order valence-corrected chi connectivity index (χ1v) is 15.5. The lowest BCUT2D eigenvalue weighted by Gasteiger charge is -2.41. The third-order valence-electron chi connectivity index (χ3n) is 9.48. The van der Waals surface area contributed by atoms with Gasteiger partial charge in [-0.3, -0.25) is 4.79 Å². The minimum atomic E-state index is -0.512. The van der Waals surface area contributed by atoms with Gasteiger partial charge in [0.25, 0.3) is 5.91 Å². The third kappa shape index (κ3) is 5.59. The van der Waals surface area contributed by atoms with Crippen molar-refractivity contribution in [3.8, 4) is 11.1 Å². The van der Waals surface area contributed by atoms with Gasteiger partial charge in [0.2, 0.25) is 6.29 Å². The molecule has 1 aliphatic carbocycles. The van der Waals surface area contributed by atoms with Gasteiger partial charge in [0.15, 0.2) is 5.76 Å². The Morgan fingerprint density at radius 1 is 1.00 bits per heavy atom. The summed E-state index contributed by atoms with van der Waals surface area (Å²) < 4.78 is 12.5. The summed E-state index contributed by atoms with van der Waals surface area (Å²) in [7, 11) is 0. The molecule has 6 heteroatoms. The number of hydrogen-bond acceptors (Lipinski definition) is 5. The lowest BCUT2D eigenvalue weighted by molar-refractivity contribution is -0.171. The van der Waals surface area contributed by atoms with Gasteiger partial charge in [0.05, 0.1) is 0 Å². The number of allylic oxidation sites excluding steroid dienone is 1. The van der Waals surface area contributed by atoms with Crippen LogP contribution in [0.1, 0.15) is 74.5 Å². The molecule has 3 aliphatic heterocycles. The van der Waals surface area contributed by atoms with Crippen molar-refractivity contribution in [2.24, 2.45) is 5.92 Å². The summed E-state index contributed by atoms with van der Waals surface area (Å²) in [4.78, 5) is 18.5. The van der Waals surface area contributed by atoms with Crippen LogP contribution in [0.5, 0.6) is 0 Å². The molecule has 0 aromatic heterocycles. The van der Waals surface area contributed by atoms with E-state index >= 15 is 0 Å². The van der Waals surface area contributed by atoms with Crippen LogP contribution in [0.15, 0.2) is 54.3 Å². The number of aliphatic hydroxyl groups is 1. The van der Waals surface area contributed by atoms with Crippen molar-refractivity contribution < 1.29 is 19.4 Å². The Labute approximate surface area is 239 Å². The first-order chi connectivity index (χ1) is 19.7. The molecule has 2 saturated heterocycles. The molecule has 2 aromatic carbocycles. The van der Waals surface area contributed by atoms with E-state index in [2.05, 4.69) is 53.4 Å². The summed E-state index contributed by atoms with van der Waals surface area (Å²) in [5.41, 5.74) is 6.51. The van der Waals surface area contributed by atoms with Gasteiger partial charge in [0, 0.05) is 44.2 Å². The highest BCUT2D eigenvalue weighted by atomic mass is 16.7. The second-order valence-electron chi connectivity index (χ2n) is 11.9. The number of nitrogens with zero attached hydrogens (tertiary/aromatic N) is 2. The molecule has 1 amide bonds. The number of rotatable bonds is 8. The number of piperidine rings is 2. The third-order valence-corrected chi connectivity index (χ3v) is 9.48. The van der Waals surface area contributed by atoms with Crippen molar-refractivity contribution in [1.82, 2.24) is 9.80 Å². The smallest absolute Gasteiger partial charge is 0.288 e. The van der Waals surface area contributed by atoms with Crippen LogP contribution in [0, 0.1) is 5.92 Å². The zero-order valence-corrected chi connectivity index (χ0v) is 23.9. The minimum Gasteiger partial charge on any atom is -0.459 e. The molecular weight excluding hydrogens is 500 g/mol. The standard InChI is InChI=1S/C34H44N2O4/c1-2-39-34-30(11-8-20-37)31(25-12-13-29-26(22-25)21-24-9-4-5-10-28(24)29)23-32(40-34)33(38)36-18-14-27(15-19-36)35-16-6-3-7-17-35/h4-5,9-10,12-13,22-23,27,30-31,34,37H,2-3,6-8,11,14-21H2,1H3/t30-,31+,34+/m1/s1. The van der Waals surface area contributed by atoms with Crippen molar-refractivity contribution in [2.45, 2.75) is 76.5 Å². The molecule has 40 heavy (non-hydrogen) atoms. The molecule has 0 saturated carbocycles. The van der Waals surface area contributed by atoms with Gasteiger partial charge >= 0.3 is 0 Å². The maximum Gasteiger partial charge on any atom is 0.288 e. The van der Waals surface area contributed by atoms with Crippen molar-refractivity contribution in [3.05, 3.63) is 71.0 Å². The largest absolute Gasteiger partial charge is 0.459 e. The van der Waals surface area contributed by atoms with Crippen LogP contribution in [-0.4, -0.2) is 72.5 Å². The Kier molecular flexibility index (Phi) is 8.56. The molecule has 2 fully saturated rings. The topological polar surface area (TPSA) is 62.2 Å². The van der Waals surface area contributed by atoms with Gasteiger partial charge in [0.1, 0.15) is 0 Å². The second-order valence-corrected chi connectivity index (χ2v) is 11.9. The molecule has 3 heterocycles. The number of ether oxygens (including phenoxy) is 2. The lowest BCUT2D eigenvalue weighted by atomic mass is 9.79. The molecule has 6 rings (SSSR count). The molecule has 6 nitrogen and oxygen atoms in total. The Balaban J connectivity index is 1.25. The average molecular weight is 545 g/mol. The van der Waals surface area contributed by atoms with Gasteiger partial charge < -0.3 is 24.4 Å². The first-order valence-electron chi connectivity index (χ1n) is 15.5. The minimum absolute atomic E-state index is 0.0130. The fraction of sp³-hybridized carbons (Fsp3) is 0.559. The molecule has 0 unspecified atom stereocenters. The number of carbonyl (C=O) groups is 1. The van der Waals surface area contributed by atoms with Crippen LogP contribution < -0.4 is 0 Å². The maximum absolute atomic E-state index is 13.8. The Bertz CT molecular complexity index is 1210. The number of likely N-dealkylation sites (tertiary alicyclic amines) is 2. The second kappa shape index (κ2) is 12.5. The van der Waals surface area contributed by atoms with E-state index in [0.29, 0.717) is 24.8 Å². The fourth-order valence-electron chi connectivity index (χ4n) is 7.38. The highest BCUT2D eigenvalue weighted by Gasteiger charge is 2.40. The van der Waals surface area contributed by atoms with Gasteiger partial charge in [-0.05, 0) is 98.9 Å². The summed E-state index contributed by atoms with van der Waals surface area (Å²) >= 11 is 0. The highest BCUT2D eigenvalue weighted by Crippen LogP contribution is 2.43. The fourth-order valence-corrected chi connectivity index (χ4v) is 7.38. The summed E-state index contributed by atoms with van der Waals surface area (Å²) in [6, 6.07) is 16.0. The van der Waals surface area contributed by atoms with E-state index < -0.39 is 6.29 Å². The van der Waals surface area contributed by atoms with Crippen LogP contribution in [0.3, 0.4) is 0 Å². The van der Waals surface area contributed by atoms with E-state index in [0.717, 1.165) is 38.8 Å². The molecule has 2 aromatic rings. The monoisotopic (exact) mass is 544 g/mol. The Morgan fingerprint density at radius 2 is 1.77 bits per heavy atom. The number of amides is 1. The van der Waals surface area contributed by atoms with E-state index in [1.54, 1.807) is 0 Å². The molecule has 0 radical (unpaired) electrons. The number of aliphatic hydroxyl groups excluding tert-OH is 1. The van der Waals surface area contributed by atoms with Gasteiger partial charge in [-0.1, -0.05) is 48.9 Å². The summed E-state index contributed by atoms with van der Waals surface area (Å²) in [6.45, 7) is 6.56. The van der Waals surface area contributed by atoms with Crippen molar-refractivity contribution >= 4 is 5.91 Å². The van der Waals surface area contributed by atoms with Gasteiger partial charge in [-0.25, -0.2) is 0 Å². The summed E-state index contributed by atoms with van der Waals surface area (Å²) in [6.07, 6.45) is 9.91. The molecule has 0 bridgehead atoms. The Morgan fingerprint density at radius 3 is 2.55 bits per heavy atom. The van der Waals surface area contributed by atoms with Gasteiger partial charge in [-0.15, -0.1) is 0 Å². The highest BCUT2D eigenvalue weighted by molar-refractivity contribution is 5.92. The SMILES string of the molecule is CCO[C@H]1OC(C(=O)N2CCC(N3CCCCC3)CC2)=C[C@@H](c2ccc3c(c2)Cc2ccccc2-3)[C@H]1CCCO. The van der Waals surface area contributed by atoms with Crippen molar-refractivity contribution in [2.75, 3.05) is 39.4 Å². The number of fused-ring (bicyclic) bond motifs is 3.